The quantitative estimate of drug-likeness (QED) is 0.722. The largest absolute Gasteiger partial charge is 0.478 e. The molecule has 1 aromatic carbocycles. The molecule has 5 heteroatoms. The molecule has 0 bridgehead atoms. The smallest absolute Gasteiger partial charge is 0.335 e. The third-order valence-corrected chi connectivity index (χ3v) is 3.53. The molecule has 22 heavy (non-hydrogen) atoms. The summed E-state index contributed by atoms with van der Waals surface area (Å²) in [6.45, 7) is 7.31. The Morgan fingerprint density at radius 3 is 2.32 bits per heavy atom. The van der Waals surface area contributed by atoms with E-state index < -0.39 is 5.97 Å². The van der Waals surface area contributed by atoms with Crippen LogP contribution in [0.2, 0.25) is 0 Å². The van der Waals surface area contributed by atoms with Crippen molar-refractivity contribution in [3.8, 4) is 0 Å². The van der Waals surface area contributed by atoms with Gasteiger partial charge in [0, 0.05) is 19.1 Å². The van der Waals surface area contributed by atoms with Gasteiger partial charge in [0.2, 0.25) is 0 Å². The van der Waals surface area contributed by atoms with Crippen molar-refractivity contribution in [1.29, 1.82) is 0 Å². The number of carboxylic acid groups (broad SMARTS) is 1. The van der Waals surface area contributed by atoms with Crippen molar-refractivity contribution in [2.45, 2.75) is 52.6 Å². The van der Waals surface area contributed by atoms with Crippen molar-refractivity contribution < 1.29 is 14.7 Å². The minimum Gasteiger partial charge on any atom is -0.478 e. The Labute approximate surface area is 132 Å². The summed E-state index contributed by atoms with van der Waals surface area (Å²) in [5.74, 6) is -0.947. The van der Waals surface area contributed by atoms with Gasteiger partial charge in [-0.15, -0.1) is 0 Å². The minimum absolute atomic E-state index is 0.0755. The number of hydrogen-bond acceptors (Lipinski definition) is 2. The van der Waals surface area contributed by atoms with Crippen LogP contribution < -0.4 is 5.32 Å². The molecular weight excluding hydrogens is 280 g/mol. The zero-order chi connectivity index (χ0) is 16.5. The highest BCUT2D eigenvalue weighted by Gasteiger charge is 2.15. The van der Waals surface area contributed by atoms with Crippen molar-refractivity contribution in [1.82, 2.24) is 10.2 Å². The molecular formula is C17H26N2O3. The van der Waals surface area contributed by atoms with E-state index >= 15 is 0 Å². The highest BCUT2D eigenvalue weighted by atomic mass is 16.4. The second-order valence-corrected chi connectivity index (χ2v) is 5.66. The average molecular weight is 306 g/mol. The minimum atomic E-state index is -0.947. The Balaban J connectivity index is 2.53. The monoisotopic (exact) mass is 306 g/mol. The van der Waals surface area contributed by atoms with Crippen LogP contribution in [0.25, 0.3) is 0 Å². The van der Waals surface area contributed by atoms with Gasteiger partial charge in [-0.3, -0.25) is 0 Å². The summed E-state index contributed by atoms with van der Waals surface area (Å²) < 4.78 is 0. The van der Waals surface area contributed by atoms with Gasteiger partial charge < -0.3 is 15.3 Å². The number of rotatable bonds is 8. The zero-order valence-corrected chi connectivity index (χ0v) is 13.6. The number of carboxylic acids is 1. The summed E-state index contributed by atoms with van der Waals surface area (Å²) in [7, 11) is 0. The predicted octanol–water partition coefficient (Wildman–Crippen LogP) is 3.50. The first-order valence-corrected chi connectivity index (χ1v) is 7.82. The summed E-state index contributed by atoms with van der Waals surface area (Å²) in [6, 6.07) is 6.62. The Bertz CT molecular complexity index is 483. The van der Waals surface area contributed by atoms with Gasteiger partial charge in [-0.25, -0.2) is 9.59 Å². The molecule has 0 unspecified atom stereocenters. The van der Waals surface area contributed by atoms with Crippen LogP contribution in [-0.4, -0.2) is 34.6 Å². The lowest BCUT2D eigenvalue weighted by Gasteiger charge is -2.27. The number of urea groups is 1. The van der Waals surface area contributed by atoms with Crippen LogP contribution in [0.5, 0.6) is 0 Å². The van der Waals surface area contributed by atoms with Gasteiger partial charge in [0.25, 0.3) is 0 Å². The summed E-state index contributed by atoms with van der Waals surface area (Å²) in [6.07, 6.45) is 3.26. The number of carbonyl (C=O) groups is 2. The van der Waals surface area contributed by atoms with Crippen LogP contribution in [0.15, 0.2) is 24.3 Å². The fourth-order valence-corrected chi connectivity index (χ4v) is 2.17. The highest BCUT2D eigenvalue weighted by Crippen LogP contribution is 2.07. The van der Waals surface area contributed by atoms with E-state index in [1.807, 2.05) is 18.7 Å². The van der Waals surface area contributed by atoms with Crippen LogP contribution in [0.3, 0.4) is 0 Å². The maximum absolute atomic E-state index is 12.2. The number of aromatic carboxylic acids is 1. The summed E-state index contributed by atoms with van der Waals surface area (Å²) in [5.41, 5.74) is 1.13. The van der Waals surface area contributed by atoms with E-state index in [0.717, 1.165) is 31.4 Å². The van der Waals surface area contributed by atoms with Crippen LogP contribution in [0.1, 0.15) is 56.0 Å². The van der Waals surface area contributed by atoms with Gasteiger partial charge in [-0.1, -0.05) is 31.9 Å². The molecule has 0 saturated carbocycles. The number of hydrogen-bond donors (Lipinski definition) is 2. The van der Waals surface area contributed by atoms with Crippen LogP contribution in [0.4, 0.5) is 4.79 Å². The number of nitrogens with zero attached hydrogens (tertiary/aromatic N) is 1. The molecule has 0 saturated heterocycles. The molecule has 1 aromatic rings. The van der Waals surface area contributed by atoms with E-state index in [9.17, 15) is 9.59 Å². The van der Waals surface area contributed by atoms with E-state index in [2.05, 4.69) is 12.2 Å². The lowest BCUT2D eigenvalue weighted by molar-refractivity contribution is 0.0697. The van der Waals surface area contributed by atoms with Crippen LogP contribution in [-0.2, 0) is 6.54 Å². The Morgan fingerprint density at radius 1 is 1.18 bits per heavy atom. The molecule has 2 amide bonds. The predicted molar refractivity (Wildman–Crippen MR) is 87.0 cm³/mol. The molecule has 0 heterocycles. The maximum atomic E-state index is 12.2. The van der Waals surface area contributed by atoms with Crippen LogP contribution >= 0.6 is 0 Å². The fourth-order valence-electron chi connectivity index (χ4n) is 2.17. The molecule has 5 nitrogen and oxygen atoms in total. The number of carbonyl (C=O) groups excluding carboxylic acids is 1. The molecule has 1 rings (SSSR count). The molecule has 0 spiro atoms. The highest BCUT2D eigenvalue weighted by molar-refractivity contribution is 5.87. The van der Waals surface area contributed by atoms with E-state index in [1.165, 1.54) is 0 Å². The standard InChI is InChI=1S/C17H26N2O3/c1-4-5-6-11-19(13(2)3)17(22)18-12-14-7-9-15(10-8-14)16(20)21/h7-10,13H,4-6,11-12H2,1-3H3,(H,18,22)(H,20,21). The van der Waals surface area contributed by atoms with Crippen molar-refractivity contribution in [3.63, 3.8) is 0 Å². The molecule has 122 valence electrons. The number of amides is 2. The van der Waals surface area contributed by atoms with Crippen molar-refractivity contribution in [2.75, 3.05) is 6.54 Å². The first kappa shape index (κ1) is 18.0. The SMILES string of the molecule is CCCCCN(C(=O)NCc1ccc(C(=O)O)cc1)C(C)C. The van der Waals surface area contributed by atoms with Crippen molar-refractivity contribution >= 4 is 12.0 Å². The third-order valence-electron chi connectivity index (χ3n) is 3.53. The number of benzene rings is 1. The van der Waals surface area contributed by atoms with Crippen molar-refractivity contribution in [3.05, 3.63) is 35.4 Å². The van der Waals surface area contributed by atoms with Gasteiger partial charge in [-0.05, 0) is 38.0 Å². The zero-order valence-electron chi connectivity index (χ0n) is 13.6. The van der Waals surface area contributed by atoms with E-state index in [1.54, 1.807) is 24.3 Å². The normalized spacial score (nSPS) is 10.5. The second-order valence-electron chi connectivity index (χ2n) is 5.66. The first-order valence-electron chi connectivity index (χ1n) is 7.82. The van der Waals surface area contributed by atoms with E-state index in [-0.39, 0.29) is 17.6 Å². The summed E-state index contributed by atoms with van der Waals surface area (Å²) in [4.78, 5) is 24.9. The summed E-state index contributed by atoms with van der Waals surface area (Å²) >= 11 is 0. The van der Waals surface area contributed by atoms with Gasteiger partial charge >= 0.3 is 12.0 Å². The van der Waals surface area contributed by atoms with Crippen molar-refractivity contribution in [2.24, 2.45) is 0 Å². The molecule has 0 aliphatic heterocycles. The molecule has 0 aliphatic carbocycles. The van der Waals surface area contributed by atoms with Gasteiger partial charge in [0.15, 0.2) is 0 Å². The second kappa shape index (κ2) is 9.07. The van der Waals surface area contributed by atoms with Gasteiger partial charge in [0.05, 0.1) is 5.56 Å². The van der Waals surface area contributed by atoms with Crippen LogP contribution in [0, 0.1) is 0 Å². The lowest BCUT2D eigenvalue weighted by Crippen LogP contribution is -2.44. The lowest BCUT2D eigenvalue weighted by atomic mass is 10.1. The molecule has 2 N–H and O–H groups in total. The fraction of sp³-hybridized carbons (Fsp3) is 0.529. The molecule has 0 fully saturated rings. The molecule has 0 atom stereocenters. The Morgan fingerprint density at radius 2 is 1.82 bits per heavy atom. The Kier molecular flexibility index (Phi) is 7.43. The third kappa shape index (κ3) is 5.76. The van der Waals surface area contributed by atoms with E-state index in [0.29, 0.717) is 6.54 Å². The maximum Gasteiger partial charge on any atom is 0.335 e. The van der Waals surface area contributed by atoms with Gasteiger partial charge in [0.1, 0.15) is 0 Å². The topological polar surface area (TPSA) is 69.6 Å². The Hall–Kier alpha value is -2.04. The average Bonchev–Trinajstić information content (AvgIpc) is 2.49. The molecule has 0 aromatic heterocycles. The number of nitrogens with one attached hydrogen (secondary N) is 1. The van der Waals surface area contributed by atoms with E-state index in [4.69, 9.17) is 5.11 Å². The van der Waals surface area contributed by atoms with Gasteiger partial charge in [-0.2, -0.15) is 0 Å². The first-order chi connectivity index (χ1) is 10.5. The number of unbranched alkanes of at least 4 members (excludes halogenated alkanes) is 2. The molecule has 0 aliphatic rings. The molecule has 0 radical (unpaired) electrons. The summed E-state index contributed by atoms with van der Waals surface area (Å²) in [5, 5.41) is 11.7.